The molecule has 2 atom stereocenters. The number of alkyl halides is 3. The number of hydrogen-bond donors (Lipinski definition) is 2. The van der Waals surface area contributed by atoms with Gasteiger partial charge < -0.3 is 10.6 Å². The molecule has 1 aromatic carbocycles. The van der Waals surface area contributed by atoms with E-state index in [0.29, 0.717) is 12.0 Å². The summed E-state index contributed by atoms with van der Waals surface area (Å²) in [5.41, 5.74) is -1.18. The van der Waals surface area contributed by atoms with Crippen molar-refractivity contribution in [2.24, 2.45) is 11.8 Å². The van der Waals surface area contributed by atoms with Crippen molar-refractivity contribution in [3.63, 3.8) is 0 Å². The molecule has 2 N–H and O–H groups in total. The third-order valence-corrected chi connectivity index (χ3v) is 4.50. The minimum atomic E-state index is -4.65. The van der Waals surface area contributed by atoms with Crippen molar-refractivity contribution in [1.29, 1.82) is 0 Å². The highest BCUT2D eigenvalue weighted by Gasteiger charge is 2.33. The first-order valence-corrected chi connectivity index (χ1v) is 8.10. The van der Waals surface area contributed by atoms with Crippen LogP contribution in [-0.2, 0) is 17.5 Å². The number of halogens is 5. The molecule has 1 amide bonds. The molecule has 0 spiro atoms. The molecule has 1 saturated heterocycles. The molecule has 0 bridgehead atoms. The minimum Gasteiger partial charge on any atom is -0.352 e. The van der Waals surface area contributed by atoms with Crippen molar-refractivity contribution in [3.05, 3.63) is 35.1 Å². The van der Waals surface area contributed by atoms with E-state index in [4.69, 9.17) is 0 Å². The maximum absolute atomic E-state index is 13.1. The van der Waals surface area contributed by atoms with Crippen molar-refractivity contribution in [2.45, 2.75) is 38.9 Å². The molecule has 1 aromatic rings. The predicted octanol–water partition coefficient (Wildman–Crippen LogP) is 3.91. The number of rotatable bonds is 5. The van der Waals surface area contributed by atoms with Gasteiger partial charge in [-0.1, -0.05) is 13.0 Å². The Kier molecular flexibility index (Phi) is 8.15. The largest absolute Gasteiger partial charge is 0.416 e. The van der Waals surface area contributed by atoms with Crippen LogP contribution in [0.25, 0.3) is 0 Å². The summed E-state index contributed by atoms with van der Waals surface area (Å²) in [6.45, 7) is 3.57. The van der Waals surface area contributed by atoms with Crippen molar-refractivity contribution in [1.82, 2.24) is 10.6 Å². The number of nitrogens with one attached hydrogen (secondary N) is 2. The summed E-state index contributed by atoms with van der Waals surface area (Å²) in [4.78, 5) is 12.0. The molecule has 25 heavy (non-hydrogen) atoms. The number of amides is 1. The average Bonchev–Trinajstić information content (AvgIpc) is 2.53. The quantitative estimate of drug-likeness (QED) is 0.758. The number of piperidine rings is 1. The van der Waals surface area contributed by atoms with Crippen LogP contribution < -0.4 is 10.6 Å². The van der Waals surface area contributed by atoms with E-state index in [1.807, 2.05) is 6.92 Å². The van der Waals surface area contributed by atoms with Crippen LogP contribution in [0.5, 0.6) is 0 Å². The summed E-state index contributed by atoms with van der Waals surface area (Å²) in [6, 6.07) is 2.48. The molecular formula is C17H23ClF4N2O. The molecule has 2 rings (SSSR count). The smallest absolute Gasteiger partial charge is 0.352 e. The lowest BCUT2D eigenvalue weighted by molar-refractivity contribution is -0.138. The molecule has 1 aliphatic rings. The first kappa shape index (κ1) is 21.7. The van der Waals surface area contributed by atoms with Gasteiger partial charge in [0.2, 0.25) is 5.91 Å². The van der Waals surface area contributed by atoms with E-state index in [2.05, 4.69) is 10.6 Å². The zero-order valence-electron chi connectivity index (χ0n) is 14.0. The van der Waals surface area contributed by atoms with Gasteiger partial charge in [-0.15, -0.1) is 12.4 Å². The average molecular weight is 383 g/mol. The van der Waals surface area contributed by atoms with Gasteiger partial charge in [0.25, 0.3) is 0 Å². The highest BCUT2D eigenvalue weighted by atomic mass is 35.5. The van der Waals surface area contributed by atoms with Gasteiger partial charge >= 0.3 is 6.18 Å². The molecule has 8 heteroatoms. The normalized spacial score (nSPS) is 19.0. The Hall–Kier alpha value is -1.34. The summed E-state index contributed by atoms with van der Waals surface area (Å²) >= 11 is 0. The second-order valence-electron chi connectivity index (χ2n) is 6.36. The molecule has 0 aliphatic carbocycles. The Morgan fingerprint density at radius 2 is 2.12 bits per heavy atom. The molecule has 2 unspecified atom stereocenters. The van der Waals surface area contributed by atoms with Crippen molar-refractivity contribution >= 4 is 18.3 Å². The lowest BCUT2D eigenvalue weighted by atomic mass is 9.85. The molecule has 0 saturated carbocycles. The highest BCUT2D eigenvalue weighted by molar-refractivity contribution is 5.85. The van der Waals surface area contributed by atoms with Crippen LogP contribution in [0.3, 0.4) is 0 Å². The van der Waals surface area contributed by atoms with Crippen molar-refractivity contribution in [3.8, 4) is 0 Å². The van der Waals surface area contributed by atoms with Crippen molar-refractivity contribution < 1.29 is 22.4 Å². The third-order valence-electron chi connectivity index (χ3n) is 4.50. The third kappa shape index (κ3) is 6.47. The van der Waals surface area contributed by atoms with E-state index >= 15 is 0 Å². The molecule has 1 heterocycles. The van der Waals surface area contributed by atoms with E-state index in [1.54, 1.807) is 0 Å². The van der Waals surface area contributed by atoms with Gasteiger partial charge in [0.15, 0.2) is 0 Å². The summed E-state index contributed by atoms with van der Waals surface area (Å²) in [6.07, 6.45) is -2.25. The molecule has 142 valence electrons. The van der Waals surface area contributed by atoms with Crippen LogP contribution in [0.4, 0.5) is 17.6 Å². The van der Waals surface area contributed by atoms with E-state index < -0.39 is 17.6 Å². The Bertz CT molecular complexity index is 574. The Labute approximate surface area is 151 Å². The molecular weight excluding hydrogens is 360 g/mol. The van der Waals surface area contributed by atoms with Gasteiger partial charge in [-0.2, -0.15) is 13.2 Å². The second-order valence-corrected chi connectivity index (χ2v) is 6.36. The molecule has 1 fully saturated rings. The van der Waals surface area contributed by atoms with Gasteiger partial charge in [0.1, 0.15) is 5.82 Å². The number of carbonyl (C=O) groups excluding carboxylic acids is 1. The maximum Gasteiger partial charge on any atom is 0.416 e. The van der Waals surface area contributed by atoms with Gasteiger partial charge in [0, 0.05) is 13.0 Å². The first-order chi connectivity index (χ1) is 11.3. The topological polar surface area (TPSA) is 41.1 Å². The zero-order chi connectivity index (χ0) is 17.7. The Morgan fingerprint density at radius 1 is 1.40 bits per heavy atom. The Balaban J connectivity index is 0.00000312. The predicted molar refractivity (Wildman–Crippen MR) is 89.9 cm³/mol. The number of hydrogen-bond acceptors (Lipinski definition) is 2. The van der Waals surface area contributed by atoms with E-state index in [-0.39, 0.29) is 42.8 Å². The van der Waals surface area contributed by atoms with E-state index in [1.165, 1.54) is 0 Å². The highest BCUT2D eigenvalue weighted by Crippen LogP contribution is 2.32. The van der Waals surface area contributed by atoms with Gasteiger partial charge in [-0.25, -0.2) is 4.39 Å². The van der Waals surface area contributed by atoms with Crippen molar-refractivity contribution in [2.75, 3.05) is 13.1 Å². The lowest BCUT2D eigenvalue weighted by Crippen LogP contribution is -2.35. The monoisotopic (exact) mass is 382 g/mol. The summed E-state index contributed by atoms with van der Waals surface area (Å²) in [7, 11) is 0. The number of benzene rings is 1. The Morgan fingerprint density at radius 3 is 2.72 bits per heavy atom. The first-order valence-electron chi connectivity index (χ1n) is 8.10. The standard InChI is InChI=1S/C17H22F4N2O.ClH/c1-11(12-3-2-6-22-9-12)7-16(24)23-10-13-4-5-14(18)8-15(13)17(19,20)21;/h4-5,8,11-12,22H,2-3,6-7,9-10H2,1H3,(H,23,24);1H. The fourth-order valence-electron chi connectivity index (χ4n) is 3.06. The number of carbonyl (C=O) groups is 1. The molecule has 3 nitrogen and oxygen atoms in total. The zero-order valence-corrected chi connectivity index (χ0v) is 14.8. The van der Waals surface area contributed by atoms with Crippen LogP contribution in [0.15, 0.2) is 18.2 Å². The molecule has 0 aromatic heterocycles. The van der Waals surface area contributed by atoms with Crippen LogP contribution in [0.2, 0.25) is 0 Å². The van der Waals surface area contributed by atoms with Gasteiger partial charge in [-0.05, 0) is 55.5 Å². The summed E-state index contributed by atoms with van der Waals surface area (Å²) in [5, 5.41) is 5.80. The van der Waals surface area contributed by atoms with Crippen LogP contribution in [-0.4, -0.2) is 19.0 Å². The summed E-state index contributed by atoms with van der Waals surface area (Å²) < 4.78 is 51.8. The van der Waals surface area contributed by atoms with Crippen LogP contribution in [0, 0.1) is 17.7 Å². The molecule has 0 radical (unpaired) electrons. The lowest BCUT2D eigenvalue weighted by Gasteiger charge is -2.28. The van der Waals surface area contributed by atoms with Crippen LogP contribution in [0.1, 0.15) is 37.3 Å². The van der Waals surface area contributed by atoms with E-state index in [9.17, 15) is 22.4 Å². The second kappa shape index (κ2) is 9.38. The maximum atomic E-state index is 13.1. The fourth-order valence-corrected chi connectivity index (χ4v) is 3.06. The molecule has 1 aliphatic heterocycles. The van der Waals surface area contributed by atoms with Crippen LogP contribution >= 0.6 is 12.4 Å². The van der Waals surface area contributed by atoms with Gasteiger partial charge in [-0.3, -0.25) is 4.79 Å². The van der Waals surface area contributed by atoms with E-state index in [0.717, 1.165) is 38.1 Å². The SMILES string of the molecule is CC(CC(=O)NCc1ccc(F)cc1C(F)(F)F)C1CCCNC1.Cl. The summed E-state index contributed by atoms with van der Waals surface area (Å²) in [5.74, 6) is -0.671. The minimum absolute atomic E-state index is 0. The fraction of sp³-hybridized carbons (Fsp3) is 0.588. The van der Waals surface area contributed by atoms with Gasteiger partial charge in [0.05, 0.1) is 5.56 Å².